The molecule has 5 heteroatoms. The number of hydrogen-bond donors (Lipinski definition) is 0. The Balaban J connectivity index is 1.67. The third-order valence-electron chi connectivity index (χ3n) is 3.93. The fourth-order valence-electron chi connectivity index (χ4n) is 2.82. The summed E-state index contributed by atoms with van der Waals surface area (Å²) in [5.74, 6) is -0.00166. The van der Waals surface area contributed by atoms with Gasteiger partial charge < -0.3 is 4.90 Å². The van der Waals surface area contributed by atoms with Crippen LogP contribution in [0.1, 0.15) is 21.5 Å². The lowest BCUT2D eigenvalue weighted by Crippen LogP contribution is -2.35. The van der Waals surface area contributed by atoms with Crippen molar-refractivity contribution in [3.05, 3.63) is 65.6 Å². The van der Waals surface area contributed by atoms with Gasteiger partial charge in [-0.05, 0) is 23.6 Å². The van der Waals surface area contributed by atoms with E-state index in [0.29, 0.717) is 17.8 Å². The predicted molar refractivity (Wildman–Crippen MR) is 77.9 cm³/mol. The van der Waals surface area contributed by atoms with E-state index in [4.69, 9.17) is 0 Å². The van der Waals surface area contributed by atoms with Crippen LogP contribution >= 0.6 is 0 Å². The molecule has 0 N–H and O–H groups in total. The molecule has 4 rings (SSSR count). The van der Waals surface area contributed by atoms with Gasteiger partial charge in [0.2, 0.25) is 0 Å². The number of nitrogens with zero attached hydrogens (tertiary/aromatic N) is 4. The number of hydrogen-bond acceptors (Lipinski definition) is 3. The molecule has 21 heavy (non-hydrogen) atoms. The molecule has 0 unspecified atom stereocenters. The number of amides is 1. The smallest absolute Gasteiger partial charge is 0.259 e. The minimum absolute atomic E-state index is 0.00166. The Morgan fingerprint density at radius 2 is 2.00 bits per heavy atom. The van der Waals surface area contributed by atoms with Gasteiger partial charge in [-0.25, -0.2) is 9.50 Å². The van der Waals surface area contributed by atoms with Gasteiger partial charge in [0.25, 0.3) is 5.91 Å². The summed E-state index contributed by atoms with van der Waals surface area (Å²) in [4.78, 5) is 18.8. The van der Waals surface area contributed by atoms with Crippen molar-refractivity contribution in [3.8, 4) is 0 Å². The summed E-state index contributed by atoms with van der Waals surface area (Å²) >= 11 is 0. The van der Waals surface area contributed by atoms with E-state index in [-0.39, 0.29) is 5.91 Å². The summed E-state index contributed by atoms with van der Waals surface area (Å²) in [7, 11) is 0. The molecule has 0 fully saturated rings. The zero-order chi connectivity index (χ0) is 14.2. The quantitative estimate of drug-likeness (QED) is 0.683. The number of carbonyl (C=O) groups excluding carboxylic acids is 1. The van der Waals surface area contributed by atoms with Gasteiger partial charge in [-0.15, -0.1) is 0 Å². The van der Waals surface area contributed by atoms with Crippen molar-refractivity contribution < 1.29 is 4.79 Å². The van der Waals surface area contributed by atoms with Gasteiger partial charge in [-0.3, -0.25) is 4.79 Å². The van der Waals surface area contributed by atoms with Crippen molar-refractivity contribution in [1.29, 1.82) is 0 Å². The van der Waals surface area contributed by atoms with Crippen LogP contribution in [0.3, 0.4) is 0 Å². The number of fused-ring (bicyclic) bond motifs is 2. The fourth-order valence-corrected chi connectivity index (χ4v) is 2.82. The zero-order valence-electron chi connectivity index (χ0n) is 11.4. The maximum Gasteiger partial charge on any atom is 0.259 e. The average Bonchev–Trinajstić information content (AvgIpc) is 2.98. The van der Waals surface area contributed by atoms with Crippen LogP contribution in [0.5, 0.6) is 0 Å². The molecule has 0 saturated heterocycles. The average molecular weight is 278 g/mol. The Morgan fingerprint density at radius 3 is 2.90 bits per heavy atom. The van der Waals surface area contributed by atoms with E-state index in [2.05, 4.69) is 22.2 Å². The van der Waals surface area contributed by atoms with Gasteiger partial charge in [0, 0.05) is 25.5 Å². The van der Waals surface area contributed by atoms with Crippen molar-refractivity contribution in [1.82, 2.24) is 19.5 Å². The van der Waals surface area contributed by atoms with E-state index >= 15 is 0 Å². The van der Waals surface area contributed by atoms with Gasteiger partial charge in [0.05, 0.1) is 6.20 Å². The fraction of sp³-hybridized carbons (Fsp3) is 0.188. The second kappa shape index (κ2) is 4.70. The molecule has 1 amide bonds. The molecule has 0 aliphatic carbocycles. The van der Waals surface area contributed by atoms with Crippen molar-refractivity contribution in [2.45, 2.75) is 13.0 Å². The molecule has 1 aliphatic heterocycles. The van der Waals surface area contributed by atoms with Gasteiger partial charge in [-0.2, -0.15) is 5.10 Å². The lowest BCUT2D eigenvalue weighted by Gasteiger charge is -2.28. The maximum absolute atomic E-state index is 12.7. The third-order valence-corrected chi connectivity index (χ3v) is 3.93. The van der Waals surface area contributed by atoms with Crippen molar-refractivity contribution in [2.75, 3.05) is 6.54 Å². The van der Waals surface area contributed by atoms with Crippen molar-refractivity contribution in [2.24, 2.45) is 0 Å². The van der Waals surface area contributed by atoms with Gasteiger partial charge in [0.1, 0.15) is 5.56 Å². The monoisotopic (exact) mass is 278 g/mol. The first-order valence-electron chi connectivity index (χ1n) is 6.97. The van der Waals surface area contributed by atoms with E-state index in [0.717, 1.165) is 13.0 Å². The zero-order valence-corrected chi connectivity index (χ0v) is 11.4. The number of rotatable bonds is 1. The number of benzene rings is 1. The Kier molecular flexibility index (Phi) is 2.70. The van der Waals surface area contributed by atoms with Crippen LogP contribution in [0.4, 0.5) is 0 Å². The normalized spacial score (nSPS) is 14.2. The lowest BCUT2D eigenvalue weighted by molar-refractivity contribution is 0.0736. The van der Waals surface area contributed by atoms with Gasteiger partial charge in [0.15, 0.2) is 5.65 Å². The second-order valence-corrected chi connectivity index (χ2v) is 5.19. The largest absolute Gasteiger partial charge is 0.334 e. The topological polar surface area (TPSA) is 50.5 Å². The molecule has 0 atom stereocenters. The van der Waals surface area contributed by atoms with E-state index in [1.807, 2.05) is 17.0 Å². The molecule has 1 aliphatic rings. The molecule has 3 aromatic rings. The van der Waals surface area contributed by atoms with Crippen molar-refractivity contribution in [3.63, 3.8) is 0 Å². The van der Waals surface area contributed by atoms with Crippen LogP contribution in [0.15, 0.2) is 48.9 Å². The summed E-state index contributed by atoms with van der Waals surface area (Å²) in [5, 5.41) is 4.19. The molecule has 104 valence electrons. The molecule has 1 aromatic carbocycles. The van der Waals surface area contributed by atoms with Crippen LogP contribution in [0, 0.1) is 0 Å². The summed E-state index contributed by atoms with van der Waals surface area (Å²) in [6.45, 7) is 1.39. The van der Waals surface area contributed by atoms with Crippen LogP contribution in [-0.2, 0) is 13.0 Å². The van der Waals surface area contributed by atoms with Gasteiger partial charge >= 0.3 is 0 Å². The lowest BCUT2D eigenvalue weighted by atomic mass is 9.99. The van der Waals surface area contributed by atoms with Gasteiger partial charge in [-0.1, -0.05) is 24.3 Å². The van der Waals surface area contributed by atoms with E-state index < -0.39 is 0 Å². The van der Waals surface area contributed by atoms with Crippen molar-refractivity contribution >= 4 is 11.6 Å². The first-order chi connectivity index (χ1) is 10.3. The maximum atomic E-state index is 12.7. The summed E-state index contributed by atoms with van der Waals surface area (Å²) in [6, 6.07) is 10.1. The van der Waals surface area contributed by atoms with E-state index in [1.165, 1.54) is 11.1 Å². The molecule has 3 heterocycles. The molecule has 2 aromatic heterocycles. The standard InChI is InChI=1S/C16H14N4O/c21-16(14-10-18-20-8-3-7-17-15(14)20)19-9-6-12-4-1-2-5-13(12)11-19/h1-5,7-8,10H,6,9,11H2. The summed E-state index contributed by atoms with van der Waals surface area (Å²) < 4.78 is 1.63. The molecule has 5 nitrogen and oxygen atoms in total. The summed E-state index contributed by atoms with van der Waals surface area (Å²) in [5.41, 5.74) is 3.73. The SMILES string of the molecule is O=C(c1cnn2cccnc12)N1CCc2ccccc2C1. The first-order valence-corrected chi connectivity index (χ1v) is 6.97. The van der Waals surface area contributed by atoms with Crippen LogP contribution in [0.2, 0.25) is 0 Å². The minimum atomic E-state index is -0.00166. The second-order valence-electron chi connectivity index (χ2n) is 5.19. The highest BCUT2D eigenvalue weighted by Crippen LogP contribution is 2.21. The minimum Gasteiger partial charge on any atom is -0.334 e. The Labute approximate surface area is 121 Å². The Hall–Kier alpha value is -2.69. The van der Waals surface area contributed by atoms with Crippen LogP contribution in [-0.4, -0.2) is 31.9 Å². The third kappa shape index (κ3) is 1.98. The molecule has 0 spiro atoms. The predicted octanol–water partition coefficient (Wildman–Crippen LogP) is 1.93. The highest BCUT2D eigenvalue weighted by Gasteiger charge is 2.24. The number of carbonyl (C=O) groups is 1. The Morgan fingerprint density at radius 1 is 1.14 bits per heavy atom. The molecule has 0 saturated carbocycles. The highest BCUT2D eigenvalue weighted by atomic mass is 16.2. The van der Waals surface area contributed by atoms with Crippen LogP contribution in [0.25, 0.3) is 5.65 Å². The molecular weight excluding hydrogens is 264 g/mol. The Bertz CT molecular complexity index is 824. The molecule has 0 bridgehead atoms. The molecular formula is C16H14N4O. The van der Waals surface area contributed by atoms with E-state index in [9.17, 15) is 4.79 Å². The summed E-state index contributed by atoms with van der Waals surface area (Å²) in [6.07, 6.45) is 5.98. The first kappa shape index (κ1) is 12.1. The number of aromatic nitrogens is 3. The van der Waals surface area contributed by atoms with Crippen LogP contribution < -0.4 is 0 Å². The highest BCUT2D eigenvalue weighted by molar-refractivity contribution is 5.99. The van der Waals surface area contributed by atoms with E-state index in [1.54, 1.807) is 29.2 Å². The molecule has 0 radical (unpaired) electrons.